The molecular formula is C16H21ClN2. The molecule has 0 aliphatic rings. The van der Waals surface area contributed by atoms with E-state index in [0.29, 0.717) is 0 Å². The quantitative estimate of drug-likeness (QED) is 0.928. The molecule has 1 aromatic heterocycles. The van der Waals surface area contributed by atoms with Gasteiger partial charge in [0.1, 0.15) is 0 Å². The summed E-state index contributed by atoms with van der Waals surface area (Å²) in [5.74, 6) is 0. The van der Waals surface area contributed by atoms with Crippen LogP contribution >= 0.6 is 11.6 Å². The maximum atomic E-state index is 5.95. The molecule has 0 spiro atoms. The fraction of sp³-hybridized carbons (Fsp3) is 0.312. The summed E-state index contributed by atoms with van der Waals surface area (Å²) < 4.78 is 0. The summed E-state index contributed by atoms with van der Waals surface area (Å²) in [6.45, 7) is 4.21. The summed E-state index contributed by atoms with van der Waals surface area (Å²) >= 11 is 5.95. The maximum Gasteiger partial charge on any atom is 0.0436 e. The number of hydrogen-bond acceptors (Lipinski definition) is 2. The summed E-state index contributed by atoms with van der Waals surface area (Å²) in [5.41, 5.74) is 9.55. The molecule has 0 aliphatic heterocycles. The minimum Gasteiger partial charge on any atom is -0.333 e. The van der Waals surface area contributed by atoms with E-state index in [1.807, 2.05) is 24.4 Å². The lowest BCUT2D eigenvalue weighted by Gasteiger charge is -2.07. The Morgan fingerprint density at radius 2 is 1.79 bits per heavy atom. The van der Waals surface area contributed by atoms with Crippen molar-refractivity contribution in [2.24, 2.45) is 5.73 Å². The van der Waals surface area contributed by atoms with Crippen molar-refractivity contribution in [3.8, 4) is 0 Å². The number of hydrogen-bond donors (Lipinski definition) is 1. The van der Waals surface area contributed by atoms with Gasteiger partial charge in [-0.15, -0.1) is 0 Å². The number of aryl methyl sites for hydroxylation is 4. The highest BCUT2D eigenvalue weighted by Crippen LogP contribution is 2.17. The minimum absolute atomic E-state index is 0.806. The lowest BCUT2D eigenvalue weighted by molar-refractivity contribution is 0.894. The molecule has 0 bridgehead atoms. The molecule has 0 fully saturated rings. The molecule has 0 unspecified atom stereocenters. The third-order valence-electron chi connectivity index (χ3n) is 3.05. The second kappa shape index (κ2) is 7.93. The van der Waals surface area contributed by atoms with Gasteiger partial charge in [-0.2, -0.15) is 0 Å². The Balaban J connectivity index is 0.000000861. The van der Waals surface area contributed by atoms with Gasteiger partial charge in [0.2, 0.25) is 0 Å². The summed E-state index contributed by atoms with van der Waals surface area (Å²) in [7, 11) is 1.50. The zero-order valence-corrected chi connectivity index (χ0v) is 12.5. The van der Waals surface area contributed by atoms with Gasteiger partial charge in [0.15, 0.2) is 0 Å². The molecule has 0 saturated heterocycles. The largest absolute Gasteiger partial charge is 0.333 e. The molecule has 0 atom stereocenters. The SMILES string of the molecule is CN.Cc1cc(Cl)ccc1CCc1ncccc1C. The average Bonchev–Trinajstić information content (AvgIpc) is 2.42. The zero-order valence-electron chi connectivity index (χ0n) is 11.8. The van der Waals surface area contributed by atoms with E-state index in [0.717, 1.165) is 17.9 Å². The Labute approximate surface area is 120 Å². The van der Waals surface area contributed by atoms with Crippen molar-refractivity contribution in [2.45, 2.75) is 26.7 Å². The second-order valence-corrected chi connectivity index (χ2v) is 4.77. The van der Waals surface area contributed by atoms with Crippen LogP contribution in [0.1, 0.15) is 22.4 Å². The van der Waals surface area contributed by atoms with Crippen LogP contribution < -0.4 is 5.73 Å². The summed E-state index contributed by atoms with van der Waals surface area (Å²) in [6, 6.07) is 10.2. The predicted molar refractivity (Wildman–Crippen MR) is 82.7 cm³/mol. The Morgan fingerprint density at radius 3 is 2.42 bits per heavy atom. The van der Waals surface area contributed by atoms with Crippen LogP contribution in [0, 0.1) is 13.8 Å². The van der Waals surface area contributed by atoms with Gasteiger partial charge in [0.05, 0.1) is 0 Å². The highest BCUT2D eigenvalue weighted by atomic mass is 35.5. The summed E-state index contributed by atoms with van der Waals surface area (Å²) in [6.07, 6.45) is 3.85. The first kappa shape index (κ1) is 15.7. The van der Waals surface area contributed by atoms with E-state index in [1.165, 1.54) is 29.4 Å². The number of pyridine rings is 1. The molecule has 0 saturated carbocycles. The van der Waals surface area contributed by atoms with Gasteiger partial charge in [-0.3, -0.25) is 4.98 Å². The van der Waals surface area contributed by atoms with E-state index in [1.54, 1.807) is 0 Å². The second-order valence-electron chi connectivity index (χ2n) is 4.34. The molecule has 19 heavy (non-hydrogen) atoms. The number of benzene rings is 1. The van der Waals surface area contributed by atoms with Crippen LogP contribution in [0.15, 0.2) is 36.5 Å². The Kier molecular flexibility index (Phi) is 6.54. The molecule has 102 valence electrons. The van der Waals surface area contributed by atoms with E-state index in [4.69, 9.17) is 11.6 Å². The van der Waals surface area contributed by atoms with Crippen molar-refractivity contribution in [1.29, 1.82) is 0 Å². The molecule has 0 radical (unpaired) electrons. The first-order valence-corrected chi connectivity index (χ1v) is 6.78. The van der Waals surface area contributed by atoms with E-state index in [9.17, 15) is 0 Å². The molecule has 3 heteroatoms. The van der Waals surface area contributed by atoms with Crippen LogP contribution in [0.5, 0.6) is 0 Å². The third kappa shape index (κ3) is 4.66. The average molecular weight is 277 g/mol. The van der Waals surface area contributed by atoms with Gasteiger partial charge < -0.3 is 5.73 Å². The highest BCUT2D eigenvalue weighted by Gasteiger charge is 2.03. The molecular weight excluding hydrogens is 256 g/mol. The Hall–Kier alpha value is -1.38. The molecule has 2 nitrogen and oxygen atoms in total. The summed E-state index contributed by atoms with van der Waals surface area (Å²) in [4.78, 5) is 4.41. The van der Waals surface area contributed by atoms with Crippen molar-refractivity contribution >= 4 is 11.6 Å². The predicted octanol–water partition coefficient (Wildman–Crippen LogP) is 3.71. The van der Waals surface area contributed by atoms with Crippen molar-refractivity contribution in [3.05, 3.63) is 63.9 Å². The van der Waals surface area contributed by atoms with E-state index in [2.05, 4.69) is 36.7 Å². The smallest absolute Gasteiger partial charge is 0.0436 e. The number of rotatable bonds is 3. The van der Waals surface area contributed by atoms with Crippen molar-refractivity contribution in [3.63, 3.8) is 0 Å². The van der Waals surface area contributed by atoms with Gasteiger partial charge in [-0.05, 0) is 68.6 Å². The maximum absolute atomic E-state index is 5.95. The molecule has 1 aromatic carbocycles. The Morgan fingerprint density at radius 1 is 1.05 bits per heavy atom. The fourth-order valence-electron chi connectivity index (χ4n) is 1.97. The first-order valence-electron chi connectivity index (χ1n) is 6.40. The highest BCUT2D eigenvalue weighted by molar-refractivity contribution is 6.30. The van der Waals surface area contributed by atoms with E-state index in [-0.39, 0.29) is 0 Å². The van der Waals surface area contributed by atoms with Crippen LogP contribution in [0.2, 0.25) is 5.02 Å². The fourth-order valence-corrected chi connectivity index (χ4v) is 2.20. The van der Waals surface area contributed by atoms with Crippen LogP contribution in [0.25, 0.3) is 0 Å². The first-order chi connectivity index (χ1) is 9.16. The third-order valence-corrected chi connectivity index (χ3v) is 3.29. The van der Waals surface area contributed by atoms with E-state index < -0.39 is 0 Å². The molecule has 2 N–H and O–H groups in total. The van der Waals surface area contributed by atoms with Gasteiger partial charge in [0, 0.05) is 16.9 Å². The van der Waals surface area contributed by atoms with Gasteiger partial charge >= 0.3 is 0 Å². The number of aromatic nitrogens is 1. The van der Waals surface area contributed by atoms with Gasteiger partial charge in [-0.25, -0.2) is 0 Å². The minimum atomic E-state index is 0.806. The molecule has 1 heterocycles. The molecule has 0 amide bonds. The van der Waals surface area contributed by atoms with E-state index >= 15 is 0 Å². The molecule has 2 rings (SSSR count). The zero-order chi connectivity index (χ0) is 14.3. The van der Waals surface area contributed by atoms with Crippen LogP contribution in [-0.4, -0.2) is 12.0 Å². The topological polar surface area (TPSA) is 38.9 Å². The van der Waals surface area contributed by atoms with Gasteiger partial charge in [-0.1, -0.05) is 23.7 Å². The van der Waals surface area contributed by atoms with Crippen LogP contribution in [0.3, 0.4) is 0 Å². The number of nitrogens with zero attached hydrogens (tertiary/aromatic N) is 1. The molecule has 0 aliphatic carbocycles. The molecule has 2 aromatic rings. The van der Waals surface area contributed by atoms with Crippen molar-refractivity contribution < 1.29 is 0 Å². The van der Waals surface area contributed by atoms with Crippen molar-refractivity contribution in [1.82, 2.24) is 4.98 Å². The summed E-state index contributed by atoms with van der Waals surface area (Å²) in [5, 5.41) is 0.806. The number of nitrogens with two attached hydrogens (primary N) is 1. The van der Waals surface area contributed by atoms with Gasteiger partial charge in [0.25, 0.3) is 0 Å². The lowest BCUT2D eigenvalue weighted by atomic mass is 10.0. The lowest BCUT2D eigenvalue weighted by Crippen LogP contribution is -1.98. The van der Waals surface area contributed by atoms with Crippen LogP contribution in [0.4, 0.5) is 0 Å². The normalized spacial score (nSPS) is 9.74. The Bertz CT molecular complexity index is 524. The number of halogens is 1. The van der Waals surface area contributed by atoms with Crippen molar-refractivity contribution in [2.75, 3.05) is 7.05 Å². The standard InChI is InChI=1S/C15H16ClN.CH5N/c1-11-4-3-9-17-15(11)8-6-13-5-7-14(16)10-12(13)2;1-2/h3-5,7,9-10H,6,8H2,1-2H3;2H2,1H3. The monoisotopic (exact) mass is 276 g/mol. The van der Waals surface area contributed by atoms with Crippen LogP contribution in [-0.2, 0) is 12.8 Å².